The largest absolute Gasteiger partial charge is 0.481 e. The Kier molecular flexibility index (Phi) is 7.88. The molecule has 0 aromatic carbocycles. The number of nitrogens with two attached hydrogens (primary N) is 1. The summed E-state index contributed by atoms with van der Waals surface area (Å²) in [6.07, 6.45) is -0.0383. The molecule has 1 atom stereocenters. The molecule has 4 N–H and O–H groups in total. The Labute approximate surface area is 76.0 Å². The molecule has 0 aliphatic heterocycles. The van der Waals surface area contributed by atoms with E-state index in [9.17, 15) is 9.59 Å². The first-order valence-electron chi connectivity index (χ1n) is 3.21. The van der Waals surface area contributed by atoms with Gasteiger partial charge in [0.05, 0.1) is 6.42 Å². The lowest BCUT2D eigenvalue weighted by Crippen LogP contribution is -2.24. The van der Waals surface area contributed by atoms with Gasteiger partial charge in [-0.15, -0.1) is 12.4 Å². The van der Waals surface area contributed by atoms with Gasteiger partial charge < -0.3 is 15.9 Å². The lowest BCUT2D eigenvalue weighted by atomic mass is 10.1. The number of hydrogen-bond donors (Lipinski definition) is 3. The van der Waals surface area contributed by atoms with Crippen molar-refractivity contribution in [2.45, 2.75) is 25.3 Å². The van der Waals surface area contributed by atoms with Crippen LogP contribution in [0.25, 0.3) is 0 Å². The molecule has 0 saturated heterocycles. The van der Waals surface area contributed by atoms with Crippen LogP contribution in [0.2, 0.25) is 0 Å². The molecule has 0 heterocycles. The fraction of sp³-hybridized carbons (Fsp3) is 0.667. The molecule has 0 fully saturated rings. The molecule has 0 rings (SSSR count). The summed E-state index contributed by atoms with van der Waals surface area (Å²) >= 11 is 0. The van der Waals surface area contributed by atoms with Crippen molar-refractivity contribution in [3.8, 4) is 0 Å². The Bertz CT molecular complexity index is 162. The molecule has 0 aliphatic rings. The van der Waals surface area contributed by atoms with E-state index in [2.05, 4.69) is 0 Å². The normalized spacial score (nSPS) is 11.4. The van der Waals surface area contributed by atoms with Crippen LogP contribution in [-0.4, -0.2) is 28.2 Å². The number of carboxylic acids is 2. The summed E-state index contributed by atoms with van der Waals surface area (Å²) in [5.41, 5.74) is 5.28. The molecule has 0 radical (unpaired) electrons. The molecular formula is C6H12ClNO4. The maximum Gasteiger partial charge on any atom is 0.304 e. The van der Waals surface area contributed by atoms with Gasteiger partial charge in [0.25, 0.3) is 0 Å². The minimum atomic E-state index is -0.997. The lowest BCUT2D eigenvalue weighted by molar-refractivity contribution is -0.139. The molecule has 0 aromatic heterocycles. The molecule has 0 unspecified atom stereocenters. The third-order valence-corrected chi connectivity index (χ3v) is 1.17. The van der Waals surface area contributed by atoms with Crippen LogP contribution in [0, 0.1) is 0 Å². The predicted octanol–water partition coefficient (Wildman–Crippen LogP) is 0.0750. The van der Waals surface area contributed by atoms with Gasteiger partial charge in [0.2, 0.25) is 0 Å². The van der Waals surface area contributed by atoms with E-state index in [1.165, 1.54) is 0 Å². The topological polar surface area (TPSA) is 101 Å². The molecular weight excluding hydrogens is 186 g/mol. The minimum absolute atomic E-state index is 0. The first-order valence-corrected chi connectivity index (χ1v) is 3.21. The Morgan fingerprint density at radius 1 is 1.25 bits per heavy atom. The summed E-state index contributed by atoms with van der Waals surface area (Å²) in [6, 6.07) is -0.552. The van der Waals surface area contributed by atoms with Crippen LogP contribution in [0.1, 0.15) is 19.3 Å². The van der Waals surface area contributed by atoms with E-state index in [1.54, 1.807) is 0 Å². The van der Waals surface area contributed by atoms with Crippen molar-refractivity contribution in [3.05, 3.63) is 0 Å². The molecule has 72 valence electrons. The Morgan fingerprint density at radius 2 is 1.75 bits per heavy atom. The van der Waals surface area contributed by atoms with E-state index < -0.39 is 18.0 Å². The smallest absolute Gasteiger partial charge is 0.304 e. The number of aliphatic carboxylic acids is 2. The second-order valence-electron chi connectivity index (χ2n) is 2.29. The van der Waals surface area contributed by atoms with Gasteiger partial charge in [0.1, 0.15) is 0 Å². The summed E-state index contributed by atoms with van der Waals surface area (Å²) in [5.74, 6) is -1.95. The summed E-state index contributed by atoms with van der Waals surface area (Å²) < 4.78 is 0. The van der Waals surface area contributed by atoms with Gasteiger partial charge >= 0.3 is 11.9 Å². The highest BCUT2D eigenvalue weighted by Gasteiger charge is 2.09. The monoisotopic (exact) mass is 197 g/mol. The first kappa shape index (κ1) is 13.8. The van der Waals surface area contributed by atoms with Crippen LogP contribution in [-0.2, 0) is 9.59 Å². The number of carboxylic acid groups (broad SMARTS) is 2. The van der Waals surface area contributed by atoms with Gasteiger partial charge in [0, 0.05) is 12.5 Å². The van der Waals surface area contributed by atoms with Gasteiger partial charge in [0.15, 0.2) is 0 Å². The molecule has 0 aromatic rings. The Balaban J connectivity index is 0. The molecule has 6 heteroatoms. The predicted molar refractivity (Wildman–Crippen MR) is 44.3 cm³/mol. The molecule has 5 nitrogen and oxygen atoms in total. The fourth-order valence-electron chi connectivity index (χ4n) is 0.635. The maximum absolute atomic E-state index is 10.0. The van der Waals surface area contributed by atoms with Crippen LogP contribution in [0.4, 0.5) is 0 Å². The van der Waals surface area contributed by atoms with Crippen LogP contribution >= 0.6 is 12.4 Å². The van der Waals surface area contributed by atoms with Crippen LogP contribution in [0.15, 0.2) is 0 Å². The number of rotatable bonds is 5. The third kappa shape index (κ3) is 9.19. The summed E-state index contributed by atoms with van der Waals surface area (Å²) in [6.45, 7) is 0. The zero-order valence-corrected chi connectivity index (χ0v) is 7.21. The second kappa shape index (κ2) is 6.87. The van der Waals surface area contributed by atoms with Crippen molar-refractivity contribution in [2.24, 2.45) is 5.73 Å². The molecule has 0 saturated carbocycles. The number of hydrogen-bond acceptors (Lipinski definition) is 3. The van der Waals surface area contributed by atoms with Crippen molar-refractivity contribution in [2.75, 3.05) is 0 Å². The maximum atomic E-state index is 10.0. The quantitative estimate of drug-likeness (QED) is 0.579. The summed E-state index contributed by atoms with van der Waals surface area (Å²) in [4.78, 5) is 20.0. The van der Waals surface area contributed by atoms with E-state index in [1.807, 2.05) is 0 Å². The van der Waals surface area contributed by atoms with Crippen LogP contribution in [0.5, 0.6) is 0 Å². The van der Waals surface area contributed by atoms with Crippen molar-refractivity contribution < 1.29 is 19.8 Å². The van der Waals surface area contributed by atoms with E-state index in [0.29, 0.717) is 0 Å². The lowest BCUT2D eigenvalue weighted by Gasteiger charge is -2.04. The fourth-order valence-corrected chi connectivity index (χ4v) is 0.635. The highest BCUT2D eigenvalue weighted by molar-refractivity contribution is 5.85. The highest BCUT2D eigenvalue weighted by atomic mass is 35.5. The van der Waals surface area contributed by atoms with E-state index in [-0.39, 0.29) is 31.7 Å². The molecule has 0 aliphatic carbocycles. The molecule has 0 bridgehead atoms. The van der Waals surface area contributed by atoms with Crippen LogP contribution < -0.4 is 5.73 Å². The van der Waals surface area contributed by atoms with Crippen molar-refractivity contribution in [1.82, 2.24) is 0 Å². The van der Waals surface area contributed by atoms with Crippen LogP contribution in [0.3, 0.4) is 0 Å². The minimum Gasteiger partial charge on any atom is -0.481 e. The van der Waals surface area contributed by atoms with Gasteiger partial charge in [-0.25, -0.2) is 0 Å². The van der Waals surface area contributed by atoms with Gasteiger partial charge in [-0.2, -0.15) is 0 Å². The average Bonchev–Trinajstić information content (AvgIpc) is 1.82. The van der Waals surface area contributed by atoms with E-state index in [4.69, 9.17) is 15.9 Å². The third-order valence-electron chi connectivity index (χ3n) is 1.17. The Morgan fingerprint density at radius 3 is 2.08 bits per heavy atom. The van der Waals surface area contributed by atoms with Crippen molar-refractivity contribution >= 4 is 24.3 Å². The first-order chi connectivity index (χ1) is 5.02. The van der Waals surface area contributed by atoms with Gasteiger partial charge in [-0.3, -0.25) is 9.59 Å². The van der Waals surface area contributed by atoms with Gasteiger partial charge in [-0.1, -0.05) is 0 Å². The van der Waals surface area contributed by atoms with Gasteiger partial charge in [-0.05, 0) is 6.42 Å². The zero-order valence-electron chi connectivity index (χ0n) is 6.40. The summed E-state index contributed by atoms with van der Waals surface area (Å²) in [5, 5.41) is 16.4. The second-order valence-corrected chi connectivity index (χ2v) is 2.29. The summed E-state index contributed by atoms with van der Waals surface area (Å²) in [7, 11) is 0. The van der Waals surface area contributed by atoms with E-state index >= 15 is 0 Å². The zero-order chi connectivity index (χ0) is 8.85. The average molecular weight is 198 g/mol. The molecule has 0 spiro atoms. The number of halogens is 1. The van der Waals surface area contributed by atoms with Crippen molar-refractivity contribution in [3.63, 3.8) is 0 Å². The SMILES string of the molecule is Cl.N[C@H](CCC(=O)O)CC(=O)O. The standard InChI is InChI=1S/C6H11NO4.ClH/c7-4(3-6(10)11)1-2-5(8)9;/h4H,1-3,7H2,(H,8,9)(H,10,11);1H/t4-;/m1./s1. The number of carbonyl (C=O) groups is 2. The highest BCUT2D eigenvalue weighted by Crippen LogP contribution is 1.98. The van der Waals surface area contributed by atoms with Crippen molar-refractivity contribution in [1.29, 1.82) is 0 Å². The van der Waals surface area contributed by atoms with E-state index in [0.717, 1.165) is 0 Å². The molecule has 12 heavy (non-hydrogen) atoms. The Hall–Kier alpha value is -0.810. The molecule has 0 amide bonds.